The van der Waals surface area contributed by atoms with Crippen molar-refractivity contribution in [2.24, 2.45) is 5.92 Å². The van der Waals surface area contributed by atoms with Crippen molar-refractivity contribution in [3.8, 4) is 0 Å². The highest BCUT2D eigenvalue weighted by atomic mass is 32.2. The first-order chi connectivity index (χ1) is 11.4. The molecule has 2 aromatic rings. The van der Waals surface area contributed by atoms with Gasteiger partial charge in [0.2, 0.25) is 0 Å². The first-order valence-corrected chi connectivity index (χ1v) is 9.18. The normalized spacial score (nSPS) is 21.1. The number of halogens is 1. The summed E-state index contributed by atoms with van der Waals surface area (Å²) >= 11 is 0. The number of hydrogen-bond donors (Lipinski definition) is 0. The zero-order valence-corrected chi connectivity index (χ0v) is 14.1. The molecule has 1 aliphatic heterocycles. The van der Waals surface area contributed by atoms with Crippen LogP contribution in [-0.4, -0.2) is 21.6 Å². The fourth-order valence-electron chi connectivity index (χ4n) is 2.68. The van der Waals surface area contributed by atoms with Crippen LogP contribution in [0.4, 0.5) is 4.39 Å². The van der Waals surface area contributed by atoms with Gasteiger partial charge in [0.25, 0.3) is 10.1 Å². The number of rotatable bonds is 5. The zero-order valence-electron chi connectivity index (χ0n) is 13.3. The maximum atomic E-state index is 13.0. The van der Waals surface area contributed by atoms with E-state index in [9.17, 15) is 12.8 Å². The lowest BCUT2D eigenvalue weighted by Gasteiger charge is -2.11. The molecule has 1 heterocycles. The molecule has 2 aromatic carbocycles. The van der Waals surface area contributed by atoms with Gasteiger partial charge >= 0.3 is 0 Å². The van der Waals surface area contributed by atoms with Crippen molar-refractivity contribution in [1.82, 2.24) is 0 Å². The number of hydrogen-bond acceptors (Lipinski definition) is 4. The van der Waals surface area contributed by atoms with E-state index < -0.39 is 10.1 Å². The molecule has 1 fully saturated rings. The van der Waals surface area contributed by atoms with Crippen LogP contribution in [0.3, 0.4) is 0 Å². The Morgan fingerprint density at radius 2 is 1.79 bits per heavy atom. The van der Waals surface area contributed by atoms with Crippen LogP contribution in [0.1, 0.15) is 23.7 Å². The molecule has 0 unspecified atom stereocenters. The average molecular weight is 350 g/mol. The topological polar surface area (TPSA) is 52.6 Å². The molecule has 1 aliphatic rings. The molecule has 0 bridgehead atoms. The quantitative estimate of drug-likeness (QED) is 0.773. The van der Waals surface area contributed by atoms with E-state index >= 15 is 0 Å². The van der Waals surface area contributed by atoms with Crippen molar-refractivity contribution >= 4 is 10.1 Å². The van der Waals surface area contributed by atoms with Gasteiger partial charge in [0.15, 0.2) is 0 Å². The van der Waals surface area contributed by atoms with Gasteiger partial charge < -0.3 is 4.74 Å². The molecule has 24 heavy (non-hydrogen) atoms. The predicted octanol–water partition coefficient (Wildman–Crippen LogP) is 3.62. The minimum atomic E-state index is -3.76. The van der Waals surface area contributed by atoms with E-state index in [4.69, 9.17) is 8.92 Å². The molecule has 0 radical (unpaired) electrons. The summed E-state index contributed by atoms with van der Waals surface area (Å²) in [5.41, 5.74) is 1.88. The standard InChI is InChI=1S/C18H19FO4S/c1-13-2-8-17(9-3-13)24(20,21)23-12-14-10-18(22-11-14)15-4-6-16(19)7-5-15/h2-9,14,18H,10-12H2,1H3/t14-,18-/m0/s1. The highest BCUT2D eigenvalue weighted by molar-refractivity contribution is 7.86. The summed E-state index contributed by atoms with van der Waals surface area (Å²) in [6, 6.07) is 12.7. The van der Waals surface area contributed by atoms with Gasteiger partial charge in [-0.25, -0.2) is 4.39 Å². The Labute approximate surface area is 141 Å². The van der Waals surface area contributed by atoms with Crippen molar-refractivity contribution in [1.29, 1.82) is 0 Å². The van der Waals surface area contributed by atoms with Crippen LogP contribution in [0.25, 0.3) is 0 Å². The predicted molar refractivity (Wildman–Crippen MR) is 87.5 cm³/mol. The Balaban J connectivity index is 1.57. The van der Waals surface area contributed by atoms with Gasteiger partial charge in [-0.15, -0.1) is 0 Å². The molecular weight excluding hydrogens is 331 g/mol. The van der Waals surface area contributed by atoms with E-state index in [1.165, 1.54) is 24.3 Å². The lowest BCUT2D eigenvalue weighted by Crippen LogP contribution is -2.15. The number of aryl methyl sites for hydroxylation is 1. The van der Waals surface area contributed by atoms with Crippen molar-refractivity contribution in [3.63, 3.8) is 0 Å². The average Bonchev–Trinajstić information content (AvgIpc) is 3.03. The molecule has 0 spiro atoms. The van der Waals surface area contributed by atoms with Gasteiger partial charge in [0, 0.05) is 5.92 Å². The lowest BCUT2D eigenvalue weighted by molar-refractivity contribution is 0.103. The van der Waals surface area contributed by atoms with E-state index in [1.54, 1.807) is 24.3 Å². The van der Waals surface area contributed by atoms with Gasteiger partial charge in [-0.05, 0) is 43.2 Å². The Morgan fingerprint density at radius 1 is 1.12 bits per heavy atom. The molecule has 1 saturated heterocycles. The largest absolute Gasteiger partial charge is 0.373 e. The van der Waals surface area contributed by atoms with Crippen LogP contribution in [0.2, 0.25) is 0 Å². The van der Waals surface area contributed by atoms with Gasteiger partial charge in [0.1, 0.15) is 5.82 Å². The molecule has 128 valence electrons. The van der Waals surface area contributed by atoms with Crippen LogP contribution >= 0.6 is 0 Å². The fourth-order valence-corrected chi connectivity index (χ4v) is 3.65. The molecule has 2 atom stereocenters. The summed E-state index contributed by atoms with van der Waals surface area (Å²) in [5, 5.41) is 0. The van der Waals surface area contributed by atoms with Crippen LogP contribution in [0.15, 0.2) is 53.4 Å². The fraction of sp³-hybridized carbons (Fsp3) is 0.333. The number of benzene rings is 2. The Bertz CT molecular complexity index is 785. The lowest BCUT2D eigenvalue weighted by atomic mass is 10.0. The van der Waals surface area contributed by atoms with Crippen LogP contribution in [-0.2, 0) is 19.0 Å². The van der Waals surface area contributed by atoms with Crippen molar-refractivity contribution in [3.05, 3.63) is 65.5 Å². The molecule has 0 aliphatic carbocycles. The van der Waals surface area contributed by atoms with E-state index in [0.717, 1.165) is 11.1 Å². The Kier molecular flexibility index (Phi) is 4.99. The van der Waals surface area contributed by atoms with Crippen molar-refractivity contribution in [2.45, 2.75) is 24.3 Å². The van der Waals surface area contributed by atoms with Crippen molar-refractivity contribution < 1.29 is 21.7 Å². The summed E-state index contributed by atoms with van der Waals surface area (Å²) in [6.07, 6.45) is 0.496. The molecule has 0 amide bonds. The van der Waals surface area contributed by atoms with E-state index in [2.05, 4.69) is 0 Å². The van der Waals surface area contributed by atoms with Gasteiger partial charge in [0.05, 0.1) is 24.2 Å². The summed E-state index contributed by atoms with van der Waals surface area (Å²) in [4.78, 5) is 0.155. The summed E-state index contributed by atoms with van der Waals surface area (Å²) in [7, 11) is -3.76. The molecule has 3 rings (SSSR count). The summed E-state index contributed by atoms with van der Waals surface area (Å²) < 4.78 is 48.2. The van der Waals surface area contributed by atoms with E-state index in [1.807, 2.05) is 6.92 Å². The third-order valence-corrected chi connectivity index (χ3v) is 5.39. The molecular formula is C18H19FO4S. The summed E-state index contributed by atoms with van der Waals surface area (Å²) in [5.74, 6) is -0.305. The first kappa shape index (κ1) is 17.1. The van der Waals surface area contributed by atoms with Gasteiger partial charge in [-0.2, -0.15) is 8.42 Å². The van der Waals surface area contributed by atoms with E-state index in [-0.39, 0.29) is 29.3 Å². The maximum Gasteiger partial charge on any atom is 0.296 e. The summed E-state index contributed by atoms with van der Waals surface area (Å²) in [6.45, 7) is 2.39. The molecule has 4 nitrogen and oxygen atoms in total. The Morgan fingerprint density at radius 3 is 2.46 bits per heavy atom. The third kappa shape index (κ3) is 4.01. The molecule has 0 N–H and O–H groups in total. The first-order valence-electron chi connectivity index (χ1n) is 7.77. The van der Waals surface area contributed by atoms with Crippen LogP contribution in [0.5, 0.6) is 0 Å². The second kappa shape index (κ2) is 7.01. The maximum absolute atomic E-state index is 13.0. The smallest absolute Gasteiger partial charge is 0.296 e. The third-order valence-electron chi connectivity index (χ3n) is 4.09. The SMILES string of the molecule is Cc1ccc(S(=O)(=O)OC[C@@H]2CO[C@H](c3ccc(F)cc3)C2)cc1. The zero-order chi connectivity index (χ0) is 17.2. The van der Waals surface area contributed by atoms with Gasteiger partial charge in [-0.1, -0.05) is 29.8 Å². The number of ether oxygens (including phenoxy) is 1. The van der Waals surface area contributed by atoms with Crippen LogP contribution in [0, 0.1) is 18.7 Å². The van der Waals surface area contributed by atoms with Crippen molar-refractivity contribution in [2.75, 3.05) is 13.2 Å². The minimum absolute atomic E-state index is 0.0136. The highest BCUT2D eigenvalue weighted by Crippen LogP contribution is 2.33. The van der Waals surface area contributed by atoms with E-state index in [0.29, 0.717) is 13.0 Å². The molecule has 6 heteroatoms. The second-order valence-electron chi connectivity index (χ2n) is 6.03. The molecule has 0 aromatic heterocycles. The monoisotopic (exact) mass is 350 g/mol. The highest BCUT2D eigenvalue weighted by Gasteiger charge is 2.28. The van der Waals surface area contributed by atoms with Crippen LogP contribution < -0.4 is 0 Å². The minimum Gasteiger partial charge on any atom is -0.373 e. The second-order valence-corrected chi connectivity index (χ2v) is 7.64. The molecule has 0 saturated carbocycles. The Hall–Kier alpha value is -1.76. The van der Waals surface area contributed by atoms with Gasteiger partial charge in [-0.3, -0.25) is 4.18 Å².